The Morgan fingerprint density at radius 3 is 2.64 bits per heavy atom. The number of carbonyl (C=O) groups excluding carboxylic acids is 1. The topological polar surface area (TPSA) is 72.5 Å². The molecule has 0 spiro atoms. The third-order valence-electron chi connectivity index (χ3n) is 3.44. The fourth-order valence-electron chi connectivity index (χ4n) is 2.34. The first kappa shape index (κ1) is 14.1. The van der Waals surface area contributed by atoms with Crippen LogP contribution in [0.25, 0.3) is 11.0 Å². The summed E-state index contributed by atoms with van der Waals surface area (Å²) in [6.07, 6.45) is 0. The molecule has 1 amide bonds. The summed E-state index contributed by atoms with van der Waals surface area (Å²) in [5, 5.41) is 3.19. The van der Waals surface area contributed by atoms with Crippen molar-refractivity contribution in [2.45, 2.75) is 20.4 Å². The van der Waals surface area contributed by atoms with Gasteiger partial charge in [0.2, 0.25) is 0 Å². The zero-order chi connectivity index (χ0) is 15.7. The largest absolute Gasteiger partial charge is 0.466 e. The van der Waals surface area contributed by atoms with Gasteiger partial charge in [0.25, 0.3) is 5.91 Å². The van der Waals surface area contributed by atoms with E-state index in [2.05, 4.69) is 5.32 Å². The molecule has 5 heteroatoms. The van der Waals surface area contributed by atoms with Crippen molar-refractivity contribution in [3.05, 3.63) is 69.5 Å². The molecular formula is C17H15NO4. The Bertz CT molecular complexity index is 904. The molecule has 3 aromatic rings. The Labute approximate surface area is 126 Å². The molecule has 0 bridgehead atoms. The normalized spacial score (nSPS) is 10.8. The van der Waals surface area contributed by atoms with Gasteiger partial charge in [-0.15, -0.1) is 0 Å². The fourth-order valence-corrected chi connectivity index (χ4v) is 2.34. The van der Waals surface area contributed by atoms with Crippen molar-refractivity contribution in [3.8, 4) is 0 Å². The predicted octanol–water partition coefficient (Wildman–Crippen LogP) is 2.93. The smallest absolute Gasteiger partial charge is 0.287 e. The second kappa shape index (κ2) is 5.52. The van der Waals surface area contributed by atoms with E-state index in [4.69, 9.17) is 8.83 Å². The average Bonchev–Trinajstić information content (AvgIpc) is 2.82. The molecule has 3 rings (SSSR count). The Kier molecular flexibility index (Phi) is 3.55. The van der Waals surface area contributed by atoms with E-state index < -0.39 is 5.91 Å². The minimum Gasteiger partial charge on any atom is -0.466 e. The van der Waals surface area contributed by atoms with E-state index >= 15 is 0 Å². The number of hydrogen-bond donors (Lipinski definition) is 1. The number of rotatable bonds is 3. The molecule has 0 unspecified atom stereocenters. The number of benzene rings is 1. The van der Waals surface area contributed by atoms with Crippen LogP contribution in [-0.4, -0.2) is 5.91 Å². The van der Waals surface area contributed by atoms with Gasteiger partial charge in [0.1, 0.15) is 17.1 Å². The van der Waals surface area contributed by atoms with Crippen LogP contribution in [0.15, 0.2) is 50.0 Å². The first-order valence-corrected chi connectivity index (χ1v) is 6.91. The molecule has 0 fully saturated rings. The summed E-state index contributed by atoms with van der Waals surface area (Å²) in [5.74, 6) is 1.12. The molecule has 0 saturated heterocycles. The lowest BCUT2D eigenvalue weighted by Crippen LogP contribution is -2.24. The van der Waals surface area contributed by atoms with Crippen molar-refractivity contribution >= 4 is 16.9 Å². The molecule has 112 valence electrons. The Morgan fingerprint density at radius 1 is 1.14 bits per heavy atom. The van der Waals surface area contributed by atoms with Crippen molar-refractivity contribution in [2.24, 2.45) is 0 Å². The highest BCUT2D eigenvalue weighted by atomic mass is 16.3. The fraction of sp³-hybridized carbons (Fsp3) is 0.176. The Morgan fingerprint density at radius 2 is 1.91 bits per heavy atom. The summed E-state index contributed by atoms with van der Waals surface area (Å²) < 4.78 is 10.9. The number of aryl methyl sites for hydroxylation is 2. The van der Waals surface area contributed by atoms with Gasteiger partial charge in [-0.3, -0.25) is 9.59 Å². The van der Waals surface area contributed by atoms with Crippen molar-refractivity contribution in [1.29, 1.82) is 0 Å². The van der Waals surface area contributed by atoms with E-state index in [-0.39, 0.29) is 11.2 Å². The molecule has 0 aliphatic rings. The minimum atomic E-state index is -0.430. The highest BCUT2D eigenvalue weighted by Crippen LogP contribution is 2.14. The van der Waals surface area contributed by atoms with Gasteiger partial charge in [-0.1, -0.05) is 12.1 Å². The summed E-state index contributed by atoms with van der Waals surface area (Å²) in [6, 6.07) is 9.92. The van der Waals surface area contributed by atoms with Gasteiger partial charge in [0.05, 0.1) is 5.39 Å². The number of hydrogen-bond acceptors (Lipinski definition) is 4. The average molecular weight is 297 g/mol. The summed E-state index contributed by atoms with van der Waals surface area (Å²) >= 11 is 0. The SMILES string of the molecule is Cc1cc(CNC(=O)c2cc(=O)c3ccccc3o2)c(C)o1. The maximum atomic E-state index is 12.2. The predicted molar refractivity (Wildman–Crippen MR) is 81.8 cm³/mol. The molecule has 5 nitrogen and oxygen atoms in total. The third-order valence-corrected chi connectivity index (χ3v) is 3.44. The number of furan rings is 1. The van der Waals surface area contributed by atoms with Crippen LogP contribution in [0.1, 0.15) is 27.6 Å². The number of fused-ring (bicyclic) bond motifs is 1. The standard InChI is InChI=1S/C17H15NO4/c1-10-7-12(11(2)21-10)9-18-17(20)16-8-14(19)13-5-3-4-6-15(13)22-16/h3-8H,9H2,1-2H3,(H,18,20). The maximum absolute atomic E-state index is 12.2. The van der Waals surface area contributed by atoms with E-state index in [1.54, 1.807) is 24.3 Å². The lowest BCUT2D eigenvalue weighted by Gasteiger charge is -2.04. The highest BCUT2D eigenvalue weighted by molar-refractivity contribution is 5.93. The highest BCUT2D eigenvalue weighted by Gasteiger charge is 2.13. The zero-order valence-electron chi connectivity index (χ0n) is 12.3. The second-order valence-corrected chi connectivity index (χ2v) is 5.09. The van der Waals surface area contributed by atoms with Crippen LogP contribution in [0.3, 0.4) is 0 Å². The Balaban J connectivity index is 1.83. The maximum Gasteiger partial charge on any atom is 0.287 e. The van der Waals surface area contributed by atoms with Crippen LogP contribution in [0.2, 0.25) is 0 Å². The molecule has 0 aliphatic heterocycles. The van der Waals surface area contributed by atoms with Crippen molar-refractivity contribution in [2.75, 3.05) is 0 Å². The minimum absolute atomic E-state index is 0.00145. The number of carbonyl (C=O) groups is 1. The van der Waals surface area contributed by atoms with Gasteiger partial charge in [-0.05, 0) is 32.0 Å². The monoisotopic (exact) mass is 297 g/mol. The first-order valence-electron chi connectivity index (χ1n) is 6.91. The zero-order valence-corrected chi connectivity index (χ0v) is 12.3. The van der Waals surface area contributed by atoms with Gasteiger partial charge >= 0.3 is 0 Å². The van der Waals surface area contributed by atoms with E-state index in [0.29, 0.717) is 17.5 Å². The molecule has 0 aliphatic carbocycles. The molecule has 22 heavy (non-hydrogen) atoms. The van der Waals surface area contributed by atoms with Crippen LogP contribution in [0.4, 0.5) is 0 Å². The molecule has 0 radical (unpaired) electrons. The van der Waals surface area contributed by atoms with Gasteiger partial charge in [0, 0.05) is 18.2 Å². The molecule has 1 aromatic carbocycles. The van der Waals surface area contributed by atoms with Gasteiger partial charge in [0.15, 0.2) is 11.2 Å². The first-order chi connectivity index (χ1) is 10.5. The van der Waals surface area contributed by atoms with Crippen LogP contribution in [0, 0.1) is 13.8 Å². The second-order valence-electron chi connectivity index (χ2n) is 5.09. The summed E-state index contributed by atoms with van der Waals surface area (Å²) in [4.78, 5) is 24.1. The summed E-state index contributed by atoms with van der Waals surface area (Å²) in [6.45, 7) is 4.00. The van der Waals surface area contributed by atoms with Crippen molar-refractivity contribution in [3.63, 3.8) is 0 Å². The quantitative estimate of drug-likeness (QED) is 0.806. The number of nitrogens with one attached hydrogen (secondary N) is 1. The molecule has 0 saturated carbocycles. The van der Waals surface area contributed by atoms with Gasteiger partial charge < -0.3 is 14.2 Å². The lowest BCUT2D eigenvalue weighted by atomic mass is 10.2. The molecule has 2 heterocycles. The summed E-state index contributed by atoms with van der Waals surface area (Å²) in [5.41, 5.74) is 1.06. The van der Waals surface area contributed by atoms with Crippen molar-refractivity contribution in [1.82, 2.24) is 5.32 Å². The van der Waals surface area contributed by atoms with E-state index in [9.17, 15) is 9.59 Å². The lowest BCUT2D eigenvalue weighted by molar-refractivity contribution is 0.0923. The third kappa shape index (κ3) is 2.65. The Hall–Kier alpha value is -2.82. The summed E-state index contributed by atoms with van der Waals surface area (Å²) in [7, 11) is 0. The van der Waals surface area contributed by atoms with E-state index in [1.165, 1.54) is 6.07 Å². The van der Waals surface area contributed by atoms with Crippen LogP contribution < -0.4 is 10.7 Å². The van der Waals surface area contributed by atoms with Crippen LogP contribution >= 0.6 is 0 Å². The molecule has 1 N–H and O–H groups in total. The number of para-hydroxylation sites is 1. The van der Waals surface area contributed by atoms with E-state index in [1.807, 2.05) is 19.9 Å². The van der Waals surface area contributed by atoms with Gasteiger partial charge in [-0.2, -0.15) is 0 Å². The number of amides is 1. The van der Waals surface area contributed by atoms with Crippen LogP contribution in [-0.2, 0) is 6.54 Å². The van der Waals surface area contributed by atoms with Gasteiger partial charge in [-0.25, -0.2) is 0 Å². The van der Waals surface area contributed by atoms with Crippen LogP contribution in [0.5, 0.6) is 0 Å². The van der Waals surface area contributed by atoms with Crippen molar-refractivity contribution < 1.29 is 13.6 Å². The molecule has 0 atom stereocenters. The molecule has 2 aromatic heterocycles. The molecular weight excluding hydrogens is 282 g/mol. The van der Waals surface area contributed by atoms with E-state index in [0.717, 1.165) is 17.1 Å².